The monoisotopic (exact) mass is 228 g/mol. The van der Waals surface area contributed by atoms with Gasteiger partial charge in [0.1, 0.15) is 0 Å². The Morgan fingerprint density at radius 1 is 1.00 bits per heavy atom. The minimum Gasteiger partial charge on any atom is -0.349 e. The van der Waals surface area contributed by atoms with Gasteiger partial charge in [-0.2, -0.15) is 0 Å². The summed E-state index contributed by atoms with van der Waals surface area (Å²) in [5.74, 6) is 0.0971. The van der Waals surface area contributed by atoms with Crippen LogP contribution in [-0.2, 0) is 4.79 Å². The normalized spacial score (nSPS) is 12.6. The topological polar surface area (TPSA) is 41.1 Å². The van der Waals surface area contributed by atoms with E-state index in [2.05, 4.69) is 31.4 Å². The lowest BCUT2D eigenvalue weighted by atomic mass is 9.88. The maximum absolute atomic E-state index is 12.2. The van der Waals surface area contributed by atoms with Crippen LogP contribution in [0.3, 0.4) is 0 Å². The maximum Gasteiger partial charge on any atom is 0.240 e. The predicted octanol–water partition coefficient (Wildman–Crippen LogP) is 2.46. The average Bonchev–Trinajstić information content (AvgIpc) is 2.25. The first kappa shape index (κ1) is 15.4. The summed E-state index contributed by atoms with van der Waals surface area (Å²) in [4.78, 5) is 12.2. The molecule has 0 aromatic heterocycles. The van der Waals surface area contributed by atoms with E-state index < -0.39 is 5.54 Å². The number of amides is 1. The van der Waals surface area contributed by atoms with E-state index >= 15 is 0 Å². The fourth-order valence-corrected chi connectivity index (χ4v) is 1.93. The van der Waals surface area contributed by atoms with Gasteiger partial charge < -0.3 is 10.6 Å². The van der Waals surface area contributed by atoms with Crippen LogP contribution in [0.25, 0.3) is 0 Å². The summed E-state index contributed by atoms with van der Waals surface area (Å²) in [5, 5.41) is 6.41. The summed E-state index contributed by atoms with van der Waals surface area (Å²) in [6, 6.07) is 0. The number of rotatable bonds is 7. The van der Waals surface area contributed by atoms with Crippen molar-refractivity contribution in [2.24, 2.45) is 0 Å². The second-order valence-electron chi connectivity index (χ2n) is 4.95. The lowest BCUT2D eigenvalue weighted by molar-refractivity contribution is -0.128. The zero-order valence-corrected chi connectivity index (χ0v) is 11.7. The molecule has 0 fully saturated rings. The number of carbonyl (C=O) groups excluding carboxylic acids is 1. The highest BCUT2D eigenvalue weighted by molar-refractivity contribution is 5.86. The SMILES string of the molecule is CCNC(C)(C)C(=O)NC(CC)(CC)CC. The van der Waals surface area contributed by atoms with Crippen molar-refractivity contribution in [2.75, 3.05) is 6.54 Å². The summed E-state index contributed by atoms with van der Waals surface area (Å²) < 4.78 is 0. The van der Waals surface area contributed by atoms with Crippen LogP contribution in [0.5, 0.6) is 0 Å². The Morgan fingerprint density at radius 3 is 1.75 bits per heavy atom. The van der Waals surface area contributed by atoms with Gasteiger partial charge in [-0.25, -0.2) is 0 Å². The molecule has 0 radical (unpaired) electrons. The van der Waals surface area contributed by atoms with Crippen LogP contribution < -0.4 is 10.6 Å². The summed E-state index contributed by atoms with van der Waals surface area (Å²) in [6.45, 7) is 13.1. The van der Waals surface area contributed by atoms with Gasteiger partial charge in [-0.3, -0.25) is 4.79 Å². The second-order valence-corrected chi connectivity index (χ2v) is 4.95. The van der Waals surface area contributed by atoms with Crippen LogP contribution in [0.15, 0.2) is 0 Å². The zero-order valence-electron chi connectivity index (χ0n) is 11.7. The van der Waals surface area contributed by atoms with Crippen molar-refractivity contribution in [3.8, 4) is 0 Å². The number of hydrogen-bond acceptors (Lipinski definition) is 2. The first-order valence-electron chi connectivity index (χ1n) is 6.45. The molecule has 0 aromatic carbocycles. The average molecular weight is 228 g/mol. The van der Waals surface area contributed by atoms with Crippen molar-refractivity contribution in [3.05, 3.63) is 0 Å². The molecule has 0 saturated heterocycles. The second kappa shape index (κ2) is 6.24. The summed E-state index contributed by atoms with van der Waals surface area (Å²) >= 11 is 0. The Kier molecular flexibility index (Phi) is 6.01. The molecule has 0 rings (SSSR count). The zero-order chi connectivity index (χ0) is 12.8. The quantitative estimate of drug-likeness (QED) is 0.703. The smallest absolute Gasteiger partial charge is 0.240 e. The van der Waals surface area contributed by atoms with Crippen LogP contribution >= 0.6 is 0 Å². The van der Waals surface area contributed by atoms with Crippen LogP contribution in [0.1, 0.15) is 60.8 Å². The number of hydrogen-bond donors (Lipinski definition) is 2. The van der Waals surface area contributed by atoms with Gasteiger partial charge in [-0.15, -0.1) is 0 Å². The number of likely N-dealkylation sites (N-methyl/N-ethyl adjacent to an activating group) is 1. The largest absolute Gasteiger partial charge is 0.349 e. The molecule has 3 heteroatoms. The molecule has 96 valence electrons. The van der Waals surface area contributed by atoms with Gasteiger partial charge in [0.05, 0.1) is 5.54 Å². The molecule has 0 bridgehead atoms. The molecule has 1 amide bonds. The third kappa shape index (κ3) is 3.78. The van der Waals surface area contributed by atoms with Crippen molar-refractivity contribution in [1.29, 1.82) is 0 Å². The van der Waals surface area contributed by atoms with E-state index in [0.717, 1.165) is 25.8 Å². The predicted molar refractivity (Wildman–Crippen MR) is 69.5 cm³/mol. The molecule has 0 aliphatic rings. The number of nitrogens with one attached hydrogen (secondary N) is 2. The van der Waals surface area contributed by atoms with Crippen molar-refractivity contribution in [2.45, 2.75) is 71.9 Å². The van der Waals surface area contributed by atoms with Gasteiger partial charge in [-0.1, -0.05) is 27.7 Å². The minimum absolute atomic E-state index is 0.0379. The van der Waals surface area contributed by atoms with Crippen LogP contribution in [0, 0.1) is 0 Å². The highest BCUT2D eigenvalue weighted by Crippen LogP contribution is 2.20. The van der Waals surface area contributed by atoms with E-state index in [0.29, 0.717) is 0 Å². The molecule has 0 spiro atoms. The highest BCUT2D eigenvalue weighted by Gasteiger charge is 2.33. The Morgan fingerprint density at radius 2 is 1.44 bits per heavy atom. The van der Waals surface area contributed by atoms with Crippen molar-refractivity contribution in [3.63, 3.8) is 0 Å². The first-order valence-corrected chi connectivity index (χ1v) is 6.45. The first-order chi connectivity index (χ1) is 7.37. The van der Waals surface area contributed by atoms with E-state index in [4.69, 9.17) is 0 Å². The Hall–Kier alpha value is -0.570. The minimum atomic E-state index is -0.487. The van der Waals surface area contributed by atoms with Gasteiger partial charge in [0.25, 0.3) is 0 Å². The maximum atomic E-state index is 12.2. The van der Waals surface area contributed by atoms with E-state index in [1.807, 2.05) is 20.8 Å². The fourth-order valence-electron chi connectivity index (χ4n) is 1.93. The Labute approximate surface area is 100 Å². The summed E-state index contributed by atoms with van der Waals surface area (Å²) in [6.07, 6.45) is 2.94. The van der Waals surface area contributed by atoms with Crippen molar-refractivity contribution < 1.29 is 4.79 Å². The molecule has 0 atom stereocenters. The standard InChI is InChI=1S/C13H28N2O/c1-7-13(8-2,9-3)15-11(16)12(5,6)14-10-4/h14H,7-10H2,1-6H3,(H,15,16). The molecule has 0 aliphatic carbocycles. The van der Waals surface area contributed by atoms with Gasteiger partial charge in [0.15, 0.2) is 0 Å². The van der Waals surface area contributed by atoms with Crippen molar-refractivity contribution >= 4 is 5.91 Å². The van der Waals surface area contributed by atoms with Gasteiger partial charge in [0.2, 0.25) is 5.91 Å². The molecule has 0 saturated carbocycles. The van der Waals surface area contributed by atoms with E-state index in [1.165, 1.54) is 0 Å². The third-order valence-corrected chi connectivity index (χ3v) is 3.60. The van der Waals surface area contributed by atoms with E-state index in [1.54, 1.807) is 0 Å². The molecule has 16 heavy (non-hydrogen) atoms. The van der Waals surface area contributed by atoms with Crippen LogP contribution in [0.4, 0.5) is 0 Å². The lowest BCUT2D eigenvalue weighted by Crippen LogP contribution is -2.59. The highest BCUT2D eigenvalue weighted by atomic mass is 16.2. The molecule has 0 heterocycles. The third-order valence-electron chi connectivity index (χ3n) is 3.60. The van der Waals surface area contributed by atoms with E-state index in [-0.39, 0.29) is 11.4 Å². The summed E-state index contributed by atoms with van der Waals surface area (Å²) in [7, 11) is 0. The number of carbonyl (C=O) groups is 1. The van der Waals surface area contributed by atoms with Crippen molar-refractivity contribution in [1.82, 2.24) is 10.6 Å². The van der Waals surface area contributed by atoms with E-state index in [9.17, 15) is 4.79 Å². The Bertz CT molecular complexity index is 212. The summed E-state index contributed by atoms with van der Waals surface area (Å²) in [5.41, 5.74) is -0.525. The molecule has 2 N–H and O–H groups in total. The fraction of sp³-hybridized carbons (Fsp3) is 0.923. The van der Waals surface area contributed by atoms with Crippen LogP contribution in [0.2, 0.25) is 0 Å². The van der Waals surface area contributed by atoms with Gasteiger partial charge in [0, 0.05) is 5.54 Å². The lowest BCUT2D eigenvalue weighted by Gasteiger charge is -2.36. The molecule has 3 nitrogen and oxygen atoms in total. The van der Waals surface area contributed by atoms with Gasteiger partial charge >= 0.3 is 0 Å². The molecular formula is C13H28N2O. The molecule has 0 aliphatic heterocycles. The van der Waals surface area contributed by atoms with Gasteiger partial charge in [-0.05, 0) is 39.7 Å². The molecule has 0 unspecified atom stereocenters. The Balaban J connectivity index is 4.63. The molecular weight excluding hydrogens is 200 g/mol. The van der Waals surface area contributed by atoms with Crippen LogP contribution in [-0.4, -0.2) is 23.5 Å². The molecule has 0 aromatic rings.